The summed E-state index contributed by atoms with van der Waals surface area (Å²) in [6, 6.07) is 27.6. The maximum Gasteiger partial charge on any atom is 0.301 e. The monoisotopic (exact) mass is 663 g/mol. The highest BCUT2D eigenvalue weighted by Crippen LogP contribution is 2.45. The fourth-order valence-electron chi connectivity index (χ4n) is 5.50. The third-order valence-electron chi connectivity index (χ3n) is 7.71. The topological polar surface area (TPSA) is 110 Å². The number of ether oxygens (including phenoxy) is 1. The van der Waals surface area contributed by atoms with Crippen LogP contribution in [0.25, 0.3) is 11.4 Å². The van der Waals surface area contributed by atoms with Gasteiger partial charge in [-0.2, -0.15) is 0 Å². The molecule has 47 heavy (non-hydrogen) atoms. The van der Waals surface area contributed by atoms with E-state index in [9.17, 15) is 19.1 Å². The molecule has 3 aromatic heterocycles. The number of aryl methyl sites for hydroxylation is 1. The third-order valence-corrected chi connectivity index (χ3v) is 9.81. The average molecular weight is 664 g/mol. The number of rotatable bonds is 9. The number of aliphatic hydroxyl groups is 1. The molecule has 1 fully saturated rings. The van der Waals surface area contributed by atoms with Crippen molar-refractivity contribution in [3.05, 3.63) is 143 Å². The Morgan fingerprint density at radius 2 is 1.77 bits per heavy atom. The number of thioether (sulfide) groups is 1. The minimum atomic E-state index is -1.05. The van der Waals surface area contributed by atoms with Crippen LogP contribution in [0.4, 0.5) is 9.52 Å². The number of amides is 1. The van der Waals surface area contributed by atoms with Crippen LogP contribution in [0.15, 0.2) is 113 Å². The Bertz CT molecular complexity index is 2160. The molecular weight excluding hydrogens is 638 g/mol. The molecule has 234 valence electrons. The Morgan fingerprint density at radius 3 is 2.60 bits per heavy atom. The number of Topliss-reactive ketones (excluding diaryl/α,β-unsaturated/α-hetero) is 1. The number of imidazole rings is 1. The van der Waals surface area contributed by atoms with Gasteiger partial charge in [0.2, 0.25) is 5.13 Å². The van der Waals surface area contributed by atoms with E-state index in [1.165, 1.54) is 22.7 Å². The van der Waals surface area contributed by atoms with E-state index in [1.54, 1.807) is 72.1 Å². The van der Waals surface area contributed by atoms with Gasteiger partial charge in [-0.15, -0.1) is 10.2 Å². The van der Waals surface area contributed by atoms with Gasteiger partial charge in [0.05, 0.1) is 17.3 Å². The lowest BCUT2D eigenvalue weighted by Crippen LogP contribution is -2.29. The Balaban J connectivity index is 1.30. The molecule has 0 bridgehead atoms. The molecule has 1 N–H and O–H groups in total. The number of hydrogen-bond donors (Lipinski definition) is 1. The normalized spacial score (nSPS) is 15.9. The van der Waals surface area contributed by atoms with Gasteiger partial charge in [-0.1, -0.05) is 89.8 Å². The number of nitrogens with zero attached hydrogens (tertiary/aromatic N) is 5. The molecule has 12 heteroatoms. The van der Waals surface area contributed by atoms with Crippen molar-refractivity contribution in [2.24, 2.45) is 0 Å². The lowest BCUT2D eigenvalue weighted by molar-refractivity contribution is -0.132. The van der Waals surface area contributed by atoms with Gasteiger partial charge < -0.3 is 9.84 Å². The van der Waals surface area contributed by atoms with Gasteiger partial charge in [-0.05, 0) is 53.9 Å². The predicted molar refractivity (Wildman–Crippen MR) is 178 cm³/mol. The van der Waals surface area contributed by atoms with E-state index in [2.05, 4.69) is 15.2 Å². The van der Waals surface area contributed by atoms with Crippen LogP contribution in [0, 0.1) is 12.7 Å². The fraction of sp³-hybridized carbons (Fsp3) is 0.114. The number of anilines is 1. The molecule has 0 radical (unpaired) electrons. The third kappa shape index (κ3) is 5.88. The molecule has 9 nitrogen and oxygen atoms in total. The van der Waals surface area contributed by atoms with E-state index < -0.39 is 17.7 Å². The first-order valence-corrected chi connectivity index (χ1v) is 16.4. The second kappa shape index (κ2) is 12.8. The molecule has 1 amide bonds. The van der Waals surface area contributed by atoms with Crippen molar-refractivity contribution in [1.29, 1.82) is 0 Å². The van der Waals surface area contributed by atoms with Gasteiger partial charge >= 0.3 is 5.91 Å². The first-order valence-electron chi connectivity index (χ1n) is 14.6. The Morgan fingerprint density at radius 1 is 0.979 bits per heavy atom. The second-order valence-corrected chi connectivity index (χ2v) is 12.9. The van der Waals surface area contributed by atoms with Gasteiger partial charge in [0.15, 0.2) is 10.1 Å². The molecule has 1 aliphatic rings. The SMILES string of the molecule is Cc1nc2ccccn2c1C(O)=C1C(=O)C(=O)N(c2nnc(SCc3ccccc3F)s2)C1c1cccc(OCc2ccccc2)c1. The number of pyridine rings is 1. The van der Waals surface area contributed by atoms with E-state index in [0.29, 0.717) is 50.6 Å². The smallest absolute Gasteiger partial charge is 0.301 e. The van der Waals surface area contributed by atoms with Crippen molar-refractivity contribution < 1.29 is 23.8 Å². The van der Waals surface area contributed by atoms with E-state index in [0.717, 1.165) is 16.9 Å². The van der Waals surface area contributed by atoms with Gasteiger partial charge in [-0.3, -0.25) is 18.9 Å². The number of benzene rings is 3. The van der Waals surface area contributed by atoms with Crippen molar-refractivity contribution in [2.75, 3.05) is 4.90 Å². The first-order chi connectivity index (χ1) is 22.9. The minimum Gasteiger partial charge on any atom is -0.505 e. The summed E-state index contributed by atoms with van der Waals surface area (Å²) in [7, 11) is 0. The van der Waals surface area contributed by atoms with Crippen LogP contribution in [-0.2, 0) is 21.9 Å². The van der Waals surface area contributed by atoms with Crippen molar-refractivity contribution in [3.8, 4) is 5.75 Å². The maximum atomic E-state index is 14.2. The number of fused-ring (bicyclic) bond motifs is 1. The summed E-state index contributed by atoms with van der Waals surface area (Å²) in [5.41, 5.74) is 3.26. The summed E-state index contributed by atoms with van der Waals surface area (Å²) in [6.07, 6.45) is 1.73. The largest absolute Gasteiger partial charge is 0.505 e. The summed E-state index contributed by atoms with van der Waals surface area (Å²) >= 11 is 2.38. The number of ketones is 1. The van der Waals surface area contributed by atoms with Crippen molar-refractivity contribution in [1.82, 2.24) is 19.6 Å². The summed E-state index contributed by atoms with van der Waals surface area (Å²) < 4.78 is 22.5. The Hall–Kier alpha value is -5.33. The highest BCUT2D eigenvalue weighted by Gasteiger charge is 2.49. The summed E-state index contributed by atoms with van der Waals surface area (Å²) in [4.78, 5) is 33.5. The van der Waals surface area contributed by atoms with Crippen LogP contribution in [0.1, 0.15) is 34.1 Å². The fourth-order valence-corrected chi connectivity index (χ4v) is 7.35. The molecule has 6 aromatic rings. The van der Waals surface area contributed by atoms with Crippen molar-refractivity contribution in [3.63, 3.8) is 0 Å². The average Bonchev–Trinajstić information content (AvgIpc) is 3.77. The highest BCUT2D eigenvalue weighted by molar-refractivity contribution is 8.00. The Labute approximate surface area is 277 Å². The van der Waals surface area contributed by atoms with Crippen molar-refractivity contribution in [2.45, 2.75) is 29.7 Å². The number of hydrogen-bond acceptors (Lipinski definition) is 9. The highest BCUT2D eigenvalue weighted by atomic mass is 32.2. The quantitative estimate of drug-likeness (QED) is 0.0572. The van der Waals surface area contributed by atoms with Crippen LogP contribution >= 0.6 is 23.1 Å². The predicted octanol–water partition coefficient (Wildman–Crippen LogP) is 7.13. The molecule has 4 heterocycles. The van der Waals surface area contributed by atoms with Crippen LogP contribution in [0.3, 0.4) is 0 Å². The zero-order chi connectivity index (χ0) is 32.5. The molecule has 1 saturated heterocycles. The minimum absolute atomic E-state index is 0.111. The molecular formula is C35H26FN5O4S2. The number of halogens is 1. The van der Waals surface area contributed by atoms with Crippen LogP contribution in [0.2, 0.25) is 0 Å². The molecule has 1 unspecified atom stereocenters. The van der Waals surface area contributed by atoms with Gasteiger partial charge in [0, 0.05) is 11.9 Å². The molecule has 3 aromatic carbocycles. The molecule has 0 spiro atoms. The van der Waals surface area contributed by atoms with Gasteiger partial charge in [0.25, 0.3) is 5.78 Å². The summed E-state index contributed by atoms with van der Waals surface area (Å²) in [6.45, 7) is 2.04. The first kappa shape index (κ1) is 30.3. The molecule has 1 atom stereocenters. The summed E-state index contributed by atoms with van der Waals surface area (Å²) in [5, 5.41) is 20.5. The number of aromatic nitrogens is 4. The molecule has 0 aliphatic carbocycles. The van der Waals surface area contributed by atoms with E-state index in [4.69, 9.17) is 4.74 Å². The Kier molecular flexibility index (Phi) is 8.27. The zero-order valence-corrected chi connectivity index (χ0v) is 26.5. The number of aliphatic hydroxyl groups excluding tert-OH is 1. The van der Waals surface area contributed by atoms with Crippen LogP contribution < -0.4 is 9.64 Å². The number of carbonyl (C=O) groups is 2. The van der Waals surface area contributed by atoms with E-state index >= 15 is 0 Å². The standard InChI is InChI=1S/C35H26FN5O4S2/c1-21-29(40-17-8-7-16-27(40)37-21)31(42)28-30(23-13-9-14-25(18-23)45-19-22-10-3-2-4-11-22)41(33(44)32(28)43)34-38-39-35(47-34)46-20-24-12-5-6-15-26(24)36/h2-18,30,42H,19-20H2,1H3. The lowest BCUT2D eigenvalue weighted by Gasteiger charge is -2.23. The van der Waals surface area contributed by atoms with Crippen LogP contribution in [-0.4, -0.2) is 36.4 Å². The van der Waals surface area contributed by atoms with Gasteiger partial charge in [0.1, 0.15) is 29.5 Å². The molecule has 0 saturated carbocycles. The van der Waals surface area contributed by atoms with Gasteiger partial charge in [-0.25, -0.2) is 9.37 Å². The van der Waals surface area contributed by atoms with E-state index in [-0.39, 0.29) is 22.3 Å². The lowest BCUT2D eigenvalue weighted by atomic mass is 9.96. The molecule has 7 rings (SSSR count). The summed E-state index contributed by atoms with van der Waals surface area (Å²) in [5.74, 6) is -1.60. The maximum absolute atomic E-state index is 14.2. The zero-order valence-electron chi connectivity index (χ0n) is 24.9. The van der Waals surface area contributed by atoms with Crippen molar-refractivity contribution >= 4 is 51.3 Å². The number of carbonyl (C=O) groups excluding carboxylic acids is 2. The van der Waals surface area contributed by atoms with Crippen LogP contribution in [0.5, 0.6) is 5.75 Å². The second-order valence-electron chi connectivity index (χ2n) is 10.7. The van der Waals surface area contributed by atoms with E-state index in [1.807, 2.05) is 36.4 Å². The molecule has 1 aliphatic heterocycles.